The van der Waals surface area contributed by atoms with Crippen LogP contribution in [0.4, 0.5) is 0 Å². The van der Waals surface area contributed by atoms with Gasteiger partial charge in [-0.15, -0.1) is 0 Å². The van der Waals surface area contributed by atoms with Gasteiger partial charge in [-0.25, -0.2) is 0 Å². The molecule has 0 saturated heterocycles. The van der Waals surface area contributed by atoms with Gasteiger partial charge in [0.05, 0.1) is 24.7 Å². The first-order valence-electron chi connectivity index (χ1n) is 6.39. The fourth-order valence-electron chi connectivity index (χ4n) is 3.49. The van der Waals surface area contributed by atoms with Gasteiger partial charge >= 0.3 is 0 Å². The summed E-state index contributed by atoms with van der Waals surface area (Å²) in [5, 5.41) is 0. The highest BCUT2D eigenvalue weighted by Crippen LogP contribution is 2.53. The monoisotopic (exact) mass is 312 g/mol. The van der Waals surface area contributed by atoms with Crippen molar-refractivity contribution >= 4 is 20.2 Å². The quantitative estimate of drug-likeness (QED) is 0.721. The van der Waals surface area contributed by atoms with Crippen molar-refractivity contribution in [2.24, 2.45) is 5.41 Å². The van der Waals surface area contributed by atoms with Gasteiger partial charge in [-0.3, -0.25) is 8.37 Å². The second-order valence-corrected chi connectivity index (χ2v) is 8.80. The summed E-state index contributed by atoms with van der Waals surface area (Å²) in [5.74, 6) is 0. The van der Waals surface area contributed by atoms with Gasteiger partial charge in [-0.05, 0) is 25.7 Å². The SMILES string of the molecule is CS(=O)(=O)OC1CCCC12CCCC2OS(C)(=O)=O. The van der Waals surface area contributed by atoms with E-state index in [-0.39, 0.29) is 0 Å². The minimum absolute atomic E-state index is 0.461. The third-order valence-electron chi connectivity index (χ3n) is 4.08. The molecule has 112 valence electrons. The second-order valence-electron chi connectivity index (χ2n) is 5.60. The Labute approximate surface area is 114 Å². The van der Waals surface area contributed by atoms with Crippen molar-refractivity contribution in [3.05, 3.63) is 0 Å². The number of hydrogen-bond acceptors (Lipinski definition) is 6. The maximum Gasteiger partial charge on any atom is 0.264 e. The summed E-state index contributed by atoms with van der Waals surface area (Å²) in [6, 6.07) is 0. The largest absolute Gasteiger partial charge is 0.266 e. The summed E-state index contributed by atoms with van der Waals surface area (Å²) >= 11 is 0. The van der Waals surface area contributed by atoms with Crippen LogP contribution in [-0.2, 0) is 28.6 Å². The Morgan fingerprint density at radius 2 is 1.21 bits per heavy atom. The van der Waals surface area contributed by atoms with Gasteiger partial charge in [-0.1, -0.05) is 12.8 Å². The zero-order valence-corrected chi connectivity index (χ0v) is 12.8. The summed E-state index contributed by atoms with van der Waals surface area (Å²) in [4.78, 5) is 0. The number of hydrogen-bond donors (Lipinski definition) is 0. The minimum Gasteiger partial charge on any atom is -0.266 e. The minimum atomic E-state index is -3.54. The Morgan fingerprint density at radius 1 is 0.842 bits per heavy atom. The van der Waals surface area contributed by atoms with Gasteiger partial charge in [-0.2, -0.15) is 16.8 Å². The van der Waals surface area contributed by atoms with Crippen LogP contribution in [-0.4, -0.2) is 41.6 Å². The van der Waals surface area contributed by atoms with Crippen LogP contribution < -0.4 is 0 Å². The van der Waals surface area contributed by atoms with E-state index in [9.17, 15) is 16.8 Å². The Hall–Kier alpha value is -0.180. The van der Waals surface area contributed by atoms with Crippen LogP contribution in [0.15, 0.2) is 0 Å². The molecule has 6 nitrogen and oxygen atoms in total. The van der Waals surface area contributed by atoms with Gasteiger partial charge in [0.15, 0.2) is 0 Å². The molecule has 2 rings (SSSR count). The van der Waals surface area contributed by atoms with Crippen LogP contribution in [0.5, 0.6) is 0 Å². The van der Waals surface area contributed by atoms with E-state index < -0.39 is 37.9 Å². The topological polar surface area (TPSA) is 86.7 Å². The first kappa shape index (κ1) is 15.2. The van der Waals surface area contributed by atoms with E-state index in [1.165, 1.54) is 0 Å². The summed E-state index contributed by atoms with van der Waals surface area (Å²) in [5.41, 5.74) is -0.466. The predicted octanol–water partition coefficient (Wildman–Crippen LogP) is 1.03. The van der Waals surface area contributed by atoms with Gasteiger partial charge in [0.1, 0.15) is 0 Å². The van der Waals surface area contributed by atoms with Gasteiger partial charge in [0.25, 0.3) is 20.2 Å². The zero-order valence-electron chi connectivity index (χ0n) is 11.2. The fourth-order valence-corrected chi connectivity index (χ4v) is 4.91. The average Bonchev–Trinajstić information content (AvgIpc) is 2.73. The van der Waals surface area contributed by atoms with Crippen LogP contribution in [0.3, 0.4) is 0 Å². The lowest BCUT2D eigenvalue weighted by atomic mass is 9.80. The van der Waals surface area contributed by atoms with E-state index >= 15 is 0 Å². The normalized spacial score (nSPS) is 36.1. The molecule has 2 fully saturated rings. The molecule has 2 aliphatic rings. The van der Waals surface area contributed by atoms with Crippen LogP contribution >= 0.6 is 0 Å². The molecule has 8 heteroatoms. The molecule has 2 atom stereocenters. The molecule has 0 heterocycles. The van der Waals surface area contributed by atoms with E-state index in [0.29, 0.717) is 12.8 Å². The Balaban J connectivity index is 2.23. The van der Waals surface area contributed by atoms with Gasteiger partial charge in [0, 0.05) is 5.41 Å². The molecule has 0 N–H and O–H groups in total. The average molecular weight is 312 g/mol. The van der Waals surface area contributed by atoms with Crippen molar-refractivity contribution in [3.63, 3.8) is 0 Å². The smallest absolute Gasteiger partial charge is 0.264 e. The molecule has 2 aliphatic carbocycles. The Kier molecular flexibility index (Phi) is 3.99. The molecule has 1 spiro atoms. The van der Waals surface area contributed by atoms with E-state index in [0.717, 1.165) is 38.2 Å². The highest BCUT2D eigenvalue weighted by molar-refractivity contribution is 7.86. The Bertz CT molecular complexity index is 486. The summed E-state index contributed by atoms with van der Waals surface area (Å²) in [7, 11) is -7.09. The maximum atomic E-state index is 11.3. The van der Waals surface area contributed by atoms with Gasteiger partial charge in [0.2, 0.25) is 0 Å². The molecule has 2 unspecified atom stereocenters. The van der Waals surface area contributed by atoms with E-state index in [2.05, 4.69) is 0 Å². The van der Waals surface area contributed by atoms with Crippen LogP contribution in [0, 0.1) is 5.41 Å². The van der Waals surface area contributed by atoms with E-state index in [1.807, 2.05) is 0 Å². The molecule has 0 aromatic heterocycles. The number of rotatable bonds is 4. The van der Waals surface area contributed by atoms with Crippen molar-refractivity contribution in [1.29, 1.82) is 0 Å². The zero-order chi connectivity index (χ0) is 14.3. The first-order valence-corrected chi connectivity index (χ1v) is 10.0. The highest BCUT2D eigenvalue weighted by atomic mass is 32.2. The van der Waals surface area contributed by atoms with E-state index in [1.54, 1.807) is 0 Å². The fraction of sp³-hybridized carbons (Fsp3) is 1.00. The molecule has 0 aliphatic heterocycles. The summed E-state index contributed by atoms with van der Waals surface area (Å²) in [6.07, 6.45) is 5.59. The molecule has 0 aromatic carbocycles. The molecular formula is C11H20O6S2. The van der Waals surface area contributed by atoms with Crippen LogP contribution in [0.2, 0.25) is 0 Å². The first-order chi connectivity index (χ1) is 8.62. The van der Waals surface area contributed by atoms with Crippen molar-refractivity contribution in [2.75, 3.05) is 12.5 Å². The van der Waals surface area contributed by atoms with E-state index in [4.69, 9.17) is 8.37 Å². The molecular weight excluding hydrogens is 292 g/mol. The van der Waals surface area contributed by atoms with Gasteiger partial charge < -0.3 is 0 Å². The Morgan fingerprint density at radius 3 is 1.53 bits per heavy atom. The van der Waals surface area contributed by atoms with Crippen molar-refractivity contribution in [2.45, 2.75) is 50.7 Å². The van der Waals surface area contributed by atoms with Crippen molar-refractivity contribution in [1.82, 2.24) is 0 Å². The molecule has 0 radical (unpaired) electrons. The summed E-state index contributed by atoms with van der Waals surface area (Å²) in [6.45, 7) is 0. The molecule has 0 bridgehead atoms. The lowest BCUT2D eigenvalue weighted by Gasteiger charge is -2.35. The highest BCUT2D eigenvalue weighted by Gasteiger charge is 2.54. The second kappa shape index (κ2) is 4.98. The summed E-state index contributed by atoms with van der Waals surface area (Å²) < 4.78 is 55.7. The van der Waals surface area contributed by atoms with Crippen LogP contribution in [0.1, 0.15) is 38.5 Å². The maximum absolute atomic E-state index is 11.3. The molecule has 19 heavy (non-hydrogen) atoms. The molecule has 0 amide bonds. The standard InChI is InChI=1S/C11H20O6S2/c1-18(12,13)16-9-5-3-7-11(9)8-4-6-10(11)17-19(2,14)15/h9-10H,3-8H2,1-2H3. The predicted molar refractivity (Wildman–Crippen MR) is 69.6 cm³/mol. The third kappa shape index (κ3) is 3.48. The van der Waals surface area contributed by atoms with Crippen LogP contribution in [0.25, 0.3) is 0 Å². The third-order valence-corrected chi connectivity index (χ3v) is 5.25. The molecule has 2 saturated carbocycles. The van der Waals surface area contributed by atoms with Crippen molar-refractivity contribution in [3.8, 4) is 0 Å². The lowest BCUT2D eigenvalue weighted by Crippen LogP contribution is -2.42. The molecule has 0 aromatic rings. The van der Waals surface area contributed by atoms with Crippen molar-refractivity contribution < 1.29 is 25.2 Å². The lowest BCUT2D eigenvalue weighted by molar-refractivity contribution is 0.00245.